The summed E-state index contributed by atoms with van der Waals surface area (Å²) in [5.41, 5.74) is 8.01. The molecule has 8 heteroatoms. The molecule has 0 radical (unpaired) electrons. The smallest absolute Gasteiger partial charge is 0.271 e. The van der Waals surface area contributed by atoms with E-state index in [1.165, 1.54) is 11.3 Å². The number of hydrogen-bond donors (Lipinski definition) is 2. The van der Waals surface area contributed by atoms with Gasteiger partial charge in [0.25, 0.3) is 10.0 Å². The maximum Gasteiger partial charge on any atom is 0.271 e. The summed E-state index contributed by atoms with van der Waals surface area (Å²) in [5, 5.41) is 0. The van der Waals surface area contributed by atoms with Crippen molar-refractivity contribution in [3.63, 3.8) is 0 Å². The number of benzene rings is 1. The zero-order valence-electron chi connectivity index (χ0n) is 11.4. The van der Waals surface area contributed by atoms with Crippen molar-refractivity contribution in [2.75, 3.05) is 4.72 Å². The van der Waals surface area contributed by atoms with Gasteiger partial charge in [0, 0.05) is 20.4 Å². The summed E-state index contributed by atoms with van der Waals surface area (Å²) in [4.78, 5) is 0.873. The summed E-state index contributed by atoms with van der Waals surface area (Å²) in [7, 11) is -3.63. The Hall–Kier alpha value is -0.410. The Bertz CT molecular complexity index is 762. The molecule has 0 aliphatic heterocycles. The highest BCUT2D eigenvalue weighted by atomic mass is 79.9. The summed E-state index contributed by atoms with van der Waals surface area (Å²) in [5.74, 6) is 0. The maximum atomic E-state index is 12.5. The van der Waals surface area contributed by atoms with E-state index in [1.807, 2.05) is 26.0 Å². The number of halogens is 2. The zero-order chi connectivity index (χ0) is 15.8. The molecule has 0 saturated carbocycles. The van der Waals surface area contributed by atoms with Crippen LogP contribution in [0.25, 0.3) is 0 Å². The average Bonchev–Trinajstić information content (AvgIpc) is 2.76. The first-order valence-corrected chi connectivity index (χ1v) is 9.91. The molecule has 0 spiro atoms. The van der Waals surface area contributed by atoms with Crippen molar-refractivity contribution in [1.82, 2.24) is 0 Å². The third-order valence-electron chi connectivity index (χ3n) is 2.87. The predicted molar refractivity (Wildman–Crippen MR) is 94.3 cm³/mol. The Balaban J connectivity index is 2.42. The van der Waals surface area contributed by atoms with Gasteiger partial charge in [-0.25, -0.2) is 8.42 Å². The van der Waals surface area contributed by atoms with Crippen LogP contribution in [0.4, 0.5) is 5.69 Å². The Labute approximate surface area is 145 Å². The lowest BCUT2D eigenvalue weighted by molar-refractivity contribution is 0.603. The van der Waals surface area contributed by atoms with Gasteiger partial charge in [-0.05, 0) is 75.0 Å². The highest BCUT2D eigenvalue weighted by molar-refractivity contribution is 9.11. The first-order chi connectivity index (χ1) is 9.74. The molecule has 2 aromatic rings. The van der Waals surface area contributed by atoms with Crippen LogP contribution in [0.3, 0.4) is 0 Å². The van der Waals surface area contributed by atoms with Gasteiger partial charge in [0.05, 0.1) is 5.69 Å². The molecular weight excluding hydrogens is 440 g/mol. The fourth-order valence-corrected chi connectivity index (χ4v) is 6.25. The monoisotopic (exact) mass is 452 g/mol. The molecule has 4 nitrogen and oxygen atoms in total. The van der Waals surface area contributed by atoms with Crippen molar-refractivity contribution in [2.24, 2.45) is 5.73 Å². The van der Waals surface area contributed by atoms with Crippen LogP contribution in [-0.2, 0) is 16.6 Å². The molecule has 0 unspecified atom stereocenters. The van der Waals surface area contributed by atoms with E-state index < -0.39 is 10.0 Å². The molecule has 1 heterocycles. The minimum absolute atomic E-state index is 0.264. The molecule has 0 saturated heterocycles. The number of aryl methyl sites for hydroxylation is 2. The van der Waals surface area contributed by atoms with Crippen LogP contribution in [0, 0.1) is 13.8 Å². The molecule has 0 aliphatic carbocycles. The number of anilines is 1. The van der Waals surface area contributed by atoms with Gasteiger partial charge in [0.1, 0.15) is 4.21 Å². The Morgan fingerprint density at radius 1 is 1.19 bits per heavy atom. The molecule has 1 aromatic carbocycles. The molecule has 0 fully saturated rings. The van der Waals surface area contributed by atoms with E-state index in [0.717, 1.165) is 16.0 Å². The van der Waals surface area contributed by atoms with Crippen LogP contribution in [0.15, 0.2) is 31.4 Å². The van der Waals surface area contributed by atoms with Gasteiger partial charge < -0.3 is 5.73 Å². The van der Waals surface area contributed by atoms with Gasteiger partial charge in [-0.15, -0.1) is 11.3 Å². The van der Waals surface area contributed by atoms with Gasteiger partial charge in [-0.2, -0.15) is 0 Å². The number of nitrogens with one attached hydrogen (secondary N) is 1. The highest BCUT2D eigenvalue weighted by Crippen LogP contribution is 2.35. The van der Waals surface area contributed by atoms with Crippen molar-refractivity contribution in [3.8, 4) is 0 Å². The number of hydrogen-bond acceptors (Lipinski definition) is 4. The van der Waals surface area contributed by atoms with Crippen LogP contribution < -0.4 is 10.5 Å². The van der Waals surface area contributed by atoms with E-state index in [2.05, 4.69) is 36.6 Å². The molecule has 21 heavy (non-hydrogen) atoms. The molecule has 1 aromatic heterocycles. The Morgan fingerprint density at radius 2 is 1.76 bits per heavy atom. The van der Waals surface area contributed by atoms with Crippen LogP contribution in [0.1, 0.15) is 16.0 Å². The molecule has 0 bridgehead atoms. The van der Waals surface area contributed by atoms with E-state index in [1.54, 1.807) is 6.07 Å². The summed E-state index contributed by atoms with van der Waals surface area (Å²) in [6, 6.07) is 5.35. The number of rotatable bonds is 4. The van der Waals surface area contributed by atoms with Crippen molar-refractivity contribution >= 4 is 58.9 Å². The highest BCUT2D eigenvalue weighted by Gasteiger charge is 2.21. The minimum Gasteiger partial charge on any atom is -0.326 e. The summed E-state index contributed by atoms with van der Waals surface area (Å²) in [6.45, 7) is 4.13. The number of sulfonamides is 1. The lowest BCUT2D eigenvalue weighted by Crippen LogP contribution is -2.12. The van der Waals surface area contributed by atoms with Gasteiger partial charge >= 0.3 is 0 Å². The molecular formula is C13H14Br2N2O2S2. The Morgan fingerprint density at radius 3 is 2.24 bits per heavy atom. The normalized spacial score (nSPS) is 11.7. The minimum atomic E-state index is -3.63. The van der Waals surface area contributed by atoms with Crippen molar-refractivity contribution in [2.45, 2.75) is 24.6 Å². The number of thiophene rings is 1. The van der Waals surface area contributed by atoms with Crippen LogP contribution in [-0.4, -0.2) is 8.42 Å². The molecule has 0 atom stereocenters. The summed E-state index contributed by atoms with van der Waals surface area (Å²) in [6.07, 6.45) is 0. The van der Waals surface area contributed by atoms with Gasteiger partial charge in [-0.1, -0.05) is 0 Å². The first kappa shape index (κ1) is 17.0. The van der Waals surface area contributed by atoms with Gasteiger partial charge in [-0.3, -0.25) is 4.72 Å². The first-order valence-electron chi connectivity index (χ1n) is 6.02. The molecule has 0 amide bonds. The van der Waals surface area contributed by atoms with E-state index in [9.17, 15) is 8.42 Å². The quantitative estimate of drug-likeness (QED) is 0.730. The molecule has 2 rings (SSSR count). The third kappa shape index (κ3) is 3.68. The van der Waals surface area contributed by atoms with Crippen LogP contribution in [0.2, 0.25) is 0 Å². The lowest BCUT2D eigenvalue weighted by atomic mass is 10.2. The molecule has 3 N–H and O–H groups in total. The zero-order valence-corrected chi connectivity index (χ0v) is 16.2. The third-order valence-corrected chi connectivity index (χ3v) is 7.20. The van der Waals surface area contributed by atoms with E-state index >= 15 is 0 Å². The predicted octanol–water partition coefficient (Wildman–Crippen LogP) is 4.15. The fourth-order valence-electron chi connectivity index (χ4n) is 1.81. The van der Waals surface area contributed by atoms with Crippen molar-refractivity contribution in [1.29, 1.82) is 0 Å². The van der Waals surface area contributed by atoms with E-state index in [4.69, 9.17) is 5.73 Å². The lowest BCUT2D eigenvalue weighted by Gasteiger charge is -2.11. The molecule has 114 valence electrons. The summed E-state index contributed by atoms with van der Waals surface area (Å²) < 4.78 is 29.2. The Kier molecular flexibility index (Phi) is 5.15. The second-order valence-corrected chi connectivity index (χ2v) is 9.34. The molecule has 0 aliphatic rings. The standard InChI is InChI=1S/C13H14Br2N2O2S2/c1-7-3-9(14)13(10(15)4-7)17-21(18,19)12-5-8(2)11(6-16)20-12/h3-5,17H,6,16H2,1-2H3. The maximum absolute atomic E-state index is 12.5. The average molecular weight is 454 g/mol. The summed E-state index contributed by atoms with van der Waals surface area (Å²) >= 11 is 7.96. The van der Waals surface area contributed by atoms with E-state index in [0.29, 0.717) is 21.2 Å². The topological polar surface area (TPSA) is 72.2 Å². The van der Waals surface area contributed by atoms with E-state index in [-0.39, 0.29) is 4.21 Å². The van der Waals surface area contributed by atoms with Crippen molar-refractivity contribution < 1.29 is 8.42 Å². The second kappa shape index (κ2) is 6.37. The van der Waals surface area contributed by atoms with Gasteiger partial charge in [0.2, 0.25) is 0 Å². The van der Waals surface area contributed by atoms with Crippen LogP contribution >= 0.6 is 43.2 Å². The SMILES string of the molecule is Cc1cc(Br)c(NS(=O)(=O)c2cc(C)c(CN)s2)c(Br)c1. The van der Waals surface area contributed by atoms with Gasteiger partial charge in [0.15, 0.2) is 0 Å². The second-order valence-electron chi connectivity index (χ2n) is 4.58. The fraction of sp³-hybridized carbons (Fsp3) is 0.231. The largest absolute Gasteiger partial charge is 0.326 e. The van der Waals surface area contributed by atoms with Crippen molar-refractivity contribution in [3.05, 3.63) is 43.1 Å². The number of nitrogens with two attached hydrogens (primary N) is 1. The van der Waals surface area contributed by atoms with Crippen LogP contribution in [0.5, 0.6) is 0 Å².